The number of nitrogens with zero attached hydrogens (tertiary/aromatic N) is 4. The number of hydrogen-bond donors (Lipinski definition) is 0. The number of furan rings is 1. The van der Waals surface area contributed by atoms with E-state index in [0.29, 0.717) is 16.9 Å². The number of benzene rings is 1. The van der Waals surface area contributed by atoms with E-state index in [-0.39, 0.29) is 11.2 Å². The highest BCUT2D eigenvalue weighted by atomic mass is 32.2. The average Bonchev–Trinajstić information content (AvgIpc) is 3.40. The van der Waals surface area contributed by atoms with Crippen LogP contribution in [0.4, 0.5) is 0 Å². The quantitative estimate of drug-likeness (QED) is 0.590. The number of thioether (sulfide) groups is 1. The first-order valence-corrected chi connectivity index (χ1v) is 10.2. The molecule has 0 saturated carbocycles. The molecular formula is C20H22N4O3S. The molecule has 1 fully saturated rings. The van der Waals surface area contributed by atoms with Crippen LogP contribution >= 0.6 is 11.8 Å². The van der Waals surface area contributed by atoms with Gasteiger partial charge in [-0.05, 0) is 24.6 Å². The molecule has 0 radical (unpaired) electrons. The van der Waals surface area contributed by atoms with E-state index in [9.17, 15) is 4.79 Å². The lowest BCUT2D eigenvalue weighted by Gasteiger charge is -2.35. The van der Waals surface area contributed by atoms with E-state index in [4.69, 9.17) is 8.83 Å². The lowest BCUT2D eigenvalue weighted by molar-refractivity contribution is -0.132. The molecule has 1 aliphatic rings. The first-order valence-electron chi connectivity index (χ1n) is 9.28. The number of carbonyl (C=O) groups is 1. The summed E-state index contributed by atoms with van der Waals surface area (Å²) in [6, 6.07) is 13.9. The summed E-state index contributed by atoms with van der Waals surface area (Å²) >= 11 is 1.28. The third-order valence-electron chi connectivity index (χ3n) is 4.70. The van der Waals surface area contributed by atoms with Crippen molar-refractivity contribution in [3.05, 3.63) is 54.3 Å². The monoisotopic (exact) mass is 398 g/mol. The number of amides is 1. The summed E-state index contributed by atoms with van der Waals surface area (Å²) in [5.74, 6) is 0.941. The Balaban J connectivity index is 1.28. The Kier molecular flexibility index (Phi) is 5.78. The molecule has 0 unspecified atom stereocenters. The Hall–Kier alpha value is -2.58. The minimum atomic E-state index is -0.287. The van der Waals surface area contributed by atoms with Crippen LogP contribution in [0.15, 0.2) is 62.8 Å². The van der Waals surface area contributed by atoms with Crippen molar-refractivity contribution in [2.45, 2.75) is 23.9 Å². The molecule has 3 heterocycles. The number of piperazine rings is 1. The average molecular weight is 398 g/mol. The van der Waals surface area contributed by atoms with Crippen LogP contribution < -0.4 is 0 Å². The molecule has 7 nitrogen and oxygen atoms in total. The van der Waals surface area contributed by atoms with Gasteiger partial charge in [0.15, 0.2) is 5.76 Å². The fourth-order valence-corrected chi connectivity index (χ4v) is 3.95. The summed E-state index contributed by atoms with van der Waals surface area (Å²) in [4.78, 5) is 17.1. The van der Waals surface area contributed by atoms with Crippen LogP contribution in [0.2, 0.25) is 0 Å². The van der Waals surface area contributed by atoms with Crippen LogP contribution in [0.5, 0.6) is 0 Å². The number of aromatic nitrogens is 2. The van der Waals surface area contributed by atoms with Crippen LogP contribution in [0, 0.1) is 0 Å². The van der Waals surface area contributed by atoms with Crippen LogP contribution in [0.3, 0.4) is 0 Å². The third kappa shape index (κ3) is 4.45. The maximum atomic E-state index is 12.8. The molecule has 3 aromatic rings. The third-order valence-corrected chi connectivity index (χ3v) is 5.62. The first-order chi connectivity index (χ1) is 13.7. The van der Waals surface area contributed by atoms with Gasteiger partial charge in [0.2, 0.25) is 5.91 Å². The smallest absolute Gasteiger partial charge is 0.284 e. The van der Waals surface area contributed by atoms with Gasteiger partial charge in [0.1, 0.15) is 0 Å². The number of hydrogen-bond acceptors (Lipinski definition) is 7. The molecule has 2 aromatic heterocycles. The van der Waals surface area contributed by atoms with E-state index in [1.807, 2.05) is 17.9 Å². The van der Waals surface area contributed by atoms with Crippen molar-refractivity contribution >= 4 is 17.7 Å². The predicted molar refractivity (Wildman–Crippen MR) is 106 cm³/mol. The van der Waals surface area contributed by atoms with E-state index in [0.717, 1.165) is 32.7 Å². The van der Waals surface area contributed by atoms with Crippen molar-refractivity contribution in [3.63, 3.8) is 0 Å². The highest BCUT2D eigenvalue weighted by Gasteiger charge is 2.27. The van der Waals surface area contributed by atoms with E-state index < -0.39 is 0 Å². The predicted octanol–water partition coefficient (Wildman–Crippen LogP) is 3.15. The SMILES string of the molecule is C[C@H](Sc1nnc(-c2ccco2)o1)C(=O)N1CCN(Cc2ccccc2)CC1. The number of rotatable bonds is 6. The van der Waals surface area contributed by atoms with Gasteiger partial charge in [0, 0.05) is 32.7 Å². The van der Waals surface area contributed by atoms with Crippen LogP contribution in [-0.4, -0.2) is 57.3 Å². The maximum absolute atomic E-state index is 12.8. The summed E-state index contributed by atoms with van der Waals surface area (Å²) in [6.07, 6.45) is 1.55. The Morgan fingerprint density at radius 2 is 1.89 bits per heavy atom. The second kappa shape index (κ2) is 8.62. The number of carbonyl (C=O) groups excluding carboxylic acids is 1. The molecule has 0 bridgehead atoms. The van der Waals surface area contributed by atoms with Crippen molar-refractivity contribution in [3.8, 4) is 11.7 Å². The Labute approximate surface area is 167 Å². The summed E-state index contributed by atoms with van der Waals surface area (Å²) in [7, 11) is 0. The van der Waals surface area contributed by atoms with Crippen LogP contribution in [0.1, 0.15) is 12.5 Å². The molecule has 28 heavy (non-hydrogen) atoms. The summed E-state index contributed by atoms with van der Waals surface area (Å²) < 4.78 is 10.8. The molecule has 0 spiro atoms. The van der Waals surface area contributed by atoms with Gasteiger partial charge in [-0.2, -0.15) is 0 Å². The molecule has 4 rings (SSSR count). The van der Waals surface area contributed by atoms with Gasteiger partial charge < -0.3 is 13.7 Å². The summed E-state index contributed by atoms with van der Waals surface area (Å²) in [5, 5.41) is 8.06. The second-order valence-electron chi connectivity index (χ2n) is 6.70. The highest BCUT2D eigenvalue weighted by Crippen LogP contribution is 2.27. The van der Waals surface area contributed by atoms with Gasteiger partial charge in [0.05, 0.1) is 11.5 Å². The molecule has 0 N–H and O–H groups in total. The van der Waals surface area contributed by atoms with Gasteiger partial charge in [-0.3, -0.25) is 9.69 Å². The van der Waals surface area contributed by atoms with E-state index in [2.05, 4.69) is 39.4 Å². The largest absolute Gasteiger partial charge is 0.459 e. The van der Waals surface area contributed by atoms with E-state index in [1.165, 1.54) is 17.3 Å². The summed E-state index contributed by atoms with van der Waals surface area (Å²) in [5.41, 5.74) is 1.30. The van der Waals surface area contributed by atoms with E-state index >= 15 is 0 Å². The minimum Gasteiger partial charge on any atom is -0.459 e. The van der Waals surface area contributed by atoms with Gasteiger partial charge in [0.25, 0.3) is 11.1 Å². The molecule has 0 aliphatic carbocycles. The fraction of sp³-hybridized carbons (Fsp3) is 0.350. The Bertz CT molecular complexity index is 889. The Morgan fingerprint density at radius 3 is 2.61 bits per heavy atom. The van der Waals surface area contributed by atoms with Gasteiger partial charge >= 0.3 is 0 Å². The van der Waals surface area contributed by atoms with Crippen LogP contribution in [-0.2, 0) is 11.3 Å². The Morgan fingerprint density at radius 1 is 1.11 bits per heavy atom. The standard InChI is InChI=1S/C20H22N4O3S/c1-15(28-20-22-21-18(27-20)17-8-5-13-26-17)19(25)24-11-9-23(10-12-24)14-16-6-3-2-4-7-16/h2-8,13,15H,9-12,14H2,1H3/t15-/m0/s1. The van der Waals surface area contributed by atoms with Crippen molar-refractivity contribution in [1.29, 1.82) is 0 Å². The molecule has 1 aliphatic heterocycles. The molecule has 1 amide bonds. The minimum absolute atomic E-state index is 0.0992. The highest BCUT2D eigenvalue weighted by molar-refractivity contribution is 8.00. The maximum Gasteiger partial charge on any atom is 0.284 e. The molecule has 1 saturated heterocycles. The molecule has 1 atom stereocenters. The van der Waals surface area contributed by atoms with Crippen molar-refractivity contribution in [1.82, 2.24) is 20.0 Å². The van der Waals surface area contributed by atoms with Gasteiger partial charge in [-0.25, -0.2) is 0 Å². The normalized spacial score (nSPS) is 16.2. The summed E-state index contributed by atoms with van der Waals surface area (Å²) in [6.45, 7) is 6.02. The zero-order valence-electron chi connectivity index (χ0n) is 15.7. The second-order valence-corrected chi connectivity index (χ2v) is 7.99. The molecule has 146 valence electrons. The fourth-order valence-electron chi connectivity index (χ4n) is 3.18. The van der Waals surface area contributed by atoms with Crippen molar-refractivity contribution < 1.29 is 13.6 Å². The molecule has 8 heteroatoms. The zero-order valence-corrected chi connectivity index (χ0v) is 16.5. The molecular weight excluding hydrogens is 376 g/mol. The lowest BCUT2D eigenvalue weighted by atomic mass is 10.2. The molecule has 1 aromatic carbocycles. The van der Waals surface area contributed by atoms with E-state index in [1.54, 1.807) is 18.4 Å². The van der Waals surface area contributed by atoms with Gasteiger partial charge in [-0.15, -0.1) is 10.2 Å². The first kappa shape index (κ1) is 18.8. The van der Waals surface area contributed by atoms with Crippen molar-refractivity contribution in [2.75, 3.05) is 26.2 Å². The lowest BCUT2D eigenvalue weighted by Crippen LogP contribution is -2.50. The van der Waals surface area contributed by atoms with Crippen molar-refractivity contribution in [2.24, 2.45) is 0 Å². The van der Waals surface area contributed by atoms with Gasteiger partial charge in [-0.1, -0.05) is 42.1 Å². The zero-order chi connectivity index (χ0) is 19.3. The van der Waals surface area contributed by atoms with Crippen LogP contribution in [0.25, 0.3) is 11.7 Å². The topological polar surface area (TPSA) is 75.6 Å².